The van der Waals surface area contributed by atoms with Gasteiger partial charge in [0.25, 0.3) is 0 Å². The molecule has 0 N–H and O–H groups in total. The molecule has 0 bridgehead atoms. The predicted molar refractivity (Wildman–Crippen MR) is 260 cm³/mol. The van der Waals surface area contributed by atoms with Crippen molar-refractivity contribution in [1.29, 1.82) is 0 Å². The number of rotatable bonds is 6. The molecule has 0 aliphatic carbocycles. The minimum atomic E-state index is -3.37. The number of hydrogen-bond donors (Lipinski definition) is 0. The van der Waals surface area contributed by atoms with Gasteiger partial charge < -0.3 is 13.5 Å². The second-order valence-corrected chi connectivity index (χ2v) is 21.0. The first kappa shape index (κ1) is 37.0. The Kier molecular flexibility index (Phi) is 9.05. The number of hydrogen-bond acceptors (Lipinski definition) is 3. The van der Waals surface area contributed by atoms with Crippen molar-refractivity contribution in [2.75, 3.05) is 0 Å². The molecule has 0 atom stereocenters. The van der Waals surface area contributed by atoms with Crippen molar-refractivity contribution in [1.82, 2.24) is 0 Å². The molecule has 10 aromatic carbocycles. The summed E-state index contributed by atoms with van der Waals surface area (Å²) in [5, 5.41) is 14.0. The maximum absolute atomic E-state index is 16.0. The minimum absolute atomic E-state index is 0.718. The maximum atomic E-state index is 16.0. The third-order valence-corrected chi connectivity index (χ3v) is 18.2. The molecule has 3 nitrogen and oxygen atoms in total. The summed E-state index contributed by atoms with van der Waals surface area (Å²) in [6.07, 6.45) is 0. The summed E-state index contributed by atoms with van der Waals surface area (Å²) in [7, 11) is -6.74. The third-order valence-electron chi connectivity index (χ3n) is 12.0. The lowest BCUT2D eigenvalue weighted by atomic mass is 9.99. The van der Waals surface area contributed by atoms with Crippen LogP contribution in [0.25, 0.3) is 65.0 Å². The Balaban J connectivity index is 1.36. The van der Waals surface area contributed by atoms with Crippen LogP contribution in [0, 0.1) is 0 Å². The molecule has 61 heavy (non-hydrogen) atoms. The summed E-state index contributed by atoms with van der Waals surface area (Å²) >= 11 is 0. The highest BCUT2D eigenvalue weighted by Crippen LogP contribution is 2.46. The van der Waals surface area contributed by atoms with Gasteiger partial charge in [0.2, 0.25) is 0 Å². The minimum Gasteiger partial charge on any atom is -0.455 e. The van der Waals surface area contributed by atoms with Gasteiger partial charge in [-0.3, -0.25) is 0 Å². The van der Waals surface area contributed by atoms with Gasteiger partial charge in [0, 0.05) is 53.4 Å². The molecule has 1 aromatic heterocycles. The van der Waals surface area contributed by atoms with Crippen LogP contribution >= 0.6 is 14.3 Å². The van der Waals surface area contributed by atoms with Gasteiger partial charge in [-0.25, -0.2) is 0 Å². The SMILES string of the molecule is O=P(c1ccccc1)(c1ccccc1)c1ccc2c3ccc(P(=O)(c4ccccc4)c4ccccc4)cc3c3ccc4ccccc4c3oc3c4ccccc4ccc3c2c1. The van der Waals surface area contributed by atoms with Crippen LogP contribution < -0.4 is 31.8 Å². The molecule has 11 rings (SSSR count). The van der Waals surface area contributed by atoms with E-state index in [1.165, 1.54) is 0 Å². The highest BCUT2D eigenvalue weighted by molar-refractivity contribution is 7.85. The lowest BCUT2D eigenvalue weighted by Gasteiger charge is -2.21. The Hall–Kier alpha value is -7.02. The van der Waals surface area contributed by atoms with Crippen molar-refractivity contribution in [2.45, 2.75) is 0 Å². The molecule has 0 unspecified atom stereocenters. The van der Waals surface area contributed by atoms with Gasteiger partial charge in [-0.1, -0.05) is 206 Å². The lowest BCUT2D eigenvalue weighted by molar-refractivity contribution is 0.591. The fraction of sp³-hybridized carbons (Fsp3) is 0. The van der Waals surface area contributed by atoms with Crippen molar-refractivity contribution in [3.05, 3.63) is 231 Å². The van der Waals surface area contributed by atoms with Gasteiger partial charge in [0.05, 0.1) is 0 Å². The molecular formula is C56H38O3P2. The lowest BCUT2D eigenvalue weighted by Crippen LogP contribution is -2.25. The van der Waals surface area contributed by atoms with Gasteiger partial charge >= 0.3 is 0 Å². The molecule has 0 radical (unpaired) electrons. The normalized spacial score (nSPS) is 12.1. The first-order chi connectivity index (χ1) is 30.0. The van der Waals surface area contributed by atoms with Crippen LogP contribution in [-0.4, -0.2) is 0 Å². The second kappa shape index (κ2) is 14.9. The molecule has 11 aromatic rings. The van der Waals surface area contributed by atoms with Crippen LogP contribution in [0.4, 0.5) is 0 Å². The van der Waals surface area contributed by atoms with Crippen molar-refractivity contribution in [3.8, 4) is 0 Å². The van der Waals surface area contributed by atoms with Crippen LogP contribution in [0.5, 0.6) is 0 Å². The van der Waals surface area contributed by atoms with Crippen LogP contribution in [0.3, 0.4) is 0 Å². The zero-order valence-electron chi connectivity index (χ0n) is 33.1. The quantitative estimate of drug-likeness (QED) is 0.157. The zero-order chi connectivity index (χ0) is 41.0. The summed E-state index contributed by atoms with van der Waals surface area (Å²) in [5.74, 6) is 0. The Morgan fingerprint density at radius 2 is 0.557 bits per heavy atom. The molecule has 5 heteroatoms. The van der Waals surface area contributed by atoms with Crippen molar-refractivity contribution < 1.29 is 13.5 Å². The predicted octanol–water partition coefficient (Wildman–Crippen LogP) is 12.6. The van der Waals surface area contributed by atoms with Gasteiger partial charge in [-0.05, 0) is 56.6 Å². The molecule has 0 aliphatic heterocycles. The highest BCUT2D eigenvalue weighted by Gasteiger charge is 2.32. The molecule has 0 amide bonds. The van der Waals surface area contributed by atoms with E-state index in [0.717, 1.165) is 96.9 Å². The van der Waals surface area contributed by atoms with Crippen molar-refractivity contribution in [2.24, 2.45) is 0 Å². The average Bonchev–Trinajstić information content (AvgIpc) is 3.39. The molecule has 290 valence electrons. The van der Waals surface area contributed by atoms with Crippen LogP contribution in [-0.2, 0) is 9.13 Å². The van der Waals surface area contributed by atoms with Gasteiger partial charge in [-0.2, -0.15) is 0 Å². The summed E-state index contributed by atoms with van der Waals surface area (Å²) in [5.41, 5.74) is 1.44. The van der Waals surface area contributed by atoms with Crippen molar-refractivity contribution in [3.63, 3.8) is 0 Å². The maximum Gasteiger partial charge on any atom is 0.171 e. The van der Waals surface area contributed by atoms with E-state index in [0.29, 0.717) is 0 Å². The summed E-state index contributed by atoms with van der Waals surface area (Å²) in [6, 6.07) is 77.0. The first-order valence-corrected chi connectivity index (χ1v) is 23.9. The summed E-state index contributed by atoms with van der Waals surface area (Å²) in [6.45, 7) is 0. The molecule has 1 heterocycles. The first-order valence-electron chi connectivity index (χ1n) is 20.5. The monoisotopic (exact) mass is 820 g/mol. The molecule has 0 fully saturated rings. The summed E-state index contributed by atoms with van der Waals surface area (Å²) in [4.78, 5) is 0. The Morgan fingerprint density at radius 1 is 0.246 bits per heavy atom. The fourth-order valence-electron chi connectivity index (χ4n) is 9.05. The van der Waals surface area contributed by atoms with E-state index in [1.54, 1.807) is 0 Å². The third kappa shape index (κ3) is 6.04. The van der Waals surface area contributed by atoms with E-state index in [9.17, 15) is 0 Å². The van der Waals surface area contributed by atoms with E-state index in [-0.39, 0.29) is 0 Å². The fourth-order valence-corrected chi connectivity index (χ4v) is 14.4. The molecule has 0 aliphatic rings. The summed E-state index contributed by atoms with van der Waals surface area (Å²) < 4.78 is 39.4. The zero-order valence-corrected chi connectivity index (χ0v) is 34.8. The number of benzene rings is 10. The van der Waals surface area contributed by atoms with Gasteiger partial charge in [0.15, 0.2) is 14.3 Å². The highest BCUT2D eigenvalue weighted by atomic mass is 31.2. The number of fused-ring (bicyclic) bond motifs is 11. The second-order valence-electron chi connectivity index (χ2n) is 15.4. The Labute approximate surface area is 353 Å². The van der Waals surface area contributed by atoms with E-state index in [2.05, 4.69) is 72.8 Å². The Bertz CT molecular complexity index is 3310. The van der Waals surface area contributed by atoms with E-state index < -0.39 is 14.3 Å². The molecule has 0 spiro atoms. The van der Waals surface area contributed by atoms with E-state index >= 15 is 9.13 Å². The van der Waals surface area contributed by atoms with E-state index in [1.807, 2.05) is 158 Å². The van der Waals surface area contributed by atoms with Crippen LogP contribution in [0.15, 0.2) is 235 Å². The molecule has 0 saturated heterocycles. The largest absolute Gasteiger partial charge is 0.455 e. The average molecular weight is 821 g/mol. The van der Waals surface area contributed by atoms with Crippen LogP contribution in [0.1, 0.15) is 0 Å². The Morgan fingerprint density at radius 3 is 0.918 bits per heavy atom. The standard InChI is InChI=1S/C56H38O3P2/c57-60(41-19-5-1-6-20-41,42-21-7-2-8-22-42)45-31-35-49-50-36-32-46(61(58,43-23-9-3-10-24-43)44-25-11-4-12-26-44)38-54(50)52-34-30-40-18-14-16-28-48(40)56(52)59-55-47-27-15-13-17-39(47)29-33-51(55)53(49)37-45/h1-38H. The molecular weight excluding hydrogens is 783 g/mol. The van der Waals surface area contributed by atoms with E-state index in [4.69, 9.17) is 4.42 Å². The topological polar surface area (TPSA) is 47.3 Å². The van der Waals surface area contributed by atoms with Gasteiger partial charge in [0.1, 0.15) is 11.2 Å². The smallest absolute Gasteiger partial charge is 0.171 e. The van der Waals surface area contributed by atoms with Crippen LogP contribution in [0.2, 0.25) is 0 Å². The van der Waals surface area contributed by atoms with Crippen molar-refractivity contribution >= 4 is 111 Å². The van der Waals surface area contributed by atoms with Gasteiger partial charge in [-0.15, -0.1) is 0 Å². The molecule has 0 saturated carbocycles.